The van der Waals surface area contributed by atoms with Gasteiger partial charge in [-0.1, -0.05) is 36.7 Å². The second kappa shape index (κ2) is 8.06. The molecular formula is C10H22BrN. The van der Waals surface area contributed by atoms with Crippen molar-refractivity contribution in [3.05, 3.63) is 0 Å². The highest BCUT2D eigenvalue weighted by molar-refractivity contribution is 9.09. The maximum Gasteiger partial charge on any atom is 0.00898 e. The maximum atomic E-state index is 3.47. The van der Waals surface area contributed by atoms with Crippen LogP contribution in [0.15, 0.2) is 0 Å². The Morgan fingerprint density at radius 3 is 2.08 bits per heavy atom. The minimum absolute atomic E-state index is 0.800. The molecule has 0 radical (unpaired) electrons. The SMILES string of the molecule is CCC(CC)N(CC)CCCBr. The van der Waals surface area contributed by atoms with Gasteiger partial charge in [-0.05, 0) is 32.4 Å². The van der Waals surface area contributed by atoms with Crippen molar-refractivity contribution in [1.29, 1.82) is 0 Å². The number of alkyl halides is 1. The van der Waals surface area contributed by atoms with Gasteiger partial charge in [0.2, 0.25) is 0 Å². The zero-order chi connectivity index (χ0) is 9.40. The fourth-order valence-electron chi connectivity index (χ4n) is 1.67. The third-order valence-electron chi connectivity index (χ3n) is 2.44. The molecule has 2 heteroatoms. The van der Waals surface area contributed by atoms with Gasteiger partial charge in [0.05, 0.1) is 0 Å². The van der Waals surface area contributed by atoms with Gasteiger partial charge < -0.3 is 4.90 Å². The number of rotatable bonds is 7. The molecule has 0 saturated carbocycles. The Hall–Kier alpha value is 0.440. The second-order valence-corrected chi connectivity index (χ2v) is 3.93. The summed E-state index contributed by atoms with van der Waals surface area (Å²) < 4.78 is 0. The summed E-state index contributed by atoms with van der Waals surface area (Å²) in [5.74, 6) is 0. The molecule has 0 saturated heterocycles. The number of hydrogen-bond acceptors (Lipinski definition) is 1. The van der Waals surface area contributed by atoms with Crippen molar-refractivity contribution in [3.63, 3.8) is 0 Å². The van der Waals surface area contributed by atoms with E-state index in [1.165, 1.54) is 32.4 Å². The Morgan fingerprint density at radius 2 is 1.75 bits per heavy atom. The van der Waals surface area contributed by atoms with Crippen molar-refractivity contribution in [1.82, 2.24) is 4.90 Å². The lowest BCUT2D eigenvalue weighted by molar-refractivity contribution is 0.196. The van der Waals surface area contributed by atoms with E-state index in [1.54, 1.807) is 0 Å². The van der Waals surface area contributed by atoms with Gasteiger partial charge in [0.15, 0.2) is 0 Å². The summed E-state index contributed by atoms with van der Waals surface area (Å²) in [6.07, 6.45) is 3.84. The molecule has 12 heavy (non-hydrogen) atoms. The van der Waals surface area contributed by atoms with Crippen molar-refractivity contribution in [2.75, 3.05) is 18.4 Å². The van der Waals surface area contributed by atoms with Gasteiger partial charge in [0, 0.05) is 11.4 Å². The van der Waals surface area contributed by atoms with E-state index in [9.17, 15) is 0 Å². The Morgan fingerprint density at radius 1 is 1.17 bits per heavy atom. The third-order valence-corrected chi connectivity index (χ3v) is 3.00. The Bertz CT molecular complexity index is 91.8. The van der Waals surface area contributed by atoms with Crippen LogP contribution in [0.1, 0.15) is 40.0 Å². The maximum absolute atomic E-state index is 3.47. The first-order valence-corrected chi connectivity index (χ1v) is 6.22. The molecule has 0 aromatic carbocycles. The zero-order valence-corrected chi connectivity index (χ0v) is 10.2. The lowest BCUT2D eigenvalue weighted by atomic mass is 10.1. The average Bonchev–Trinajstić information content (AvgIpc) is 2.12. The summed E-state index contributed by atoms with van der Waals surface area (Å²) in [5.41, 5.74) is 0. The van der Waals surface area contributed by atoms with Gasteiger partial charge in [-0.25, -0.2) is 0 Å². The molecular weight excluding hydrogens is 214 g/mol. The molecule has 0 aliphatic rings. The molecule has 0 unspecified atom stereocenters. The van der Waals surface area contributed by atoms with E-state index in [0.717, 1.165) is 11.4 Å². The first kappa shape index (κ1) is 12.4. The molecule has 0 spiro atoms. The Balaban J connectivity index is 3.75. The Kier molecular flexibility index (Phi) is 8.35. The van der Waals surface area contributed by atoms with E-state index >= 15 is 0 Å². The fraction of sp³-hybridized carbons (Fsp3) is 1.00. The van der Waals surface area contributed by atoms with Crippen molar-refractivity contribution in [3.8, 4) is 0 Å². The normalized spacial score (nSPS) is 11.5. The highest BCUT2D eigenvalue weighted by Crippen LogP contribution is 2.08. The minimum atomic E-state index is 0.800. The van der Waals surface area contributed by atoms with Gasteiger partial charge in [0.1, 0.15) is 0 Å². The second-order valence-electron chi connectivity index (χ2n) is 3.14. The average molecular weight is 236 g/mol. The Labute approximate surface area is 85.7 Å². The minimum Gasteiger partial charge on any atom is -0.301 e. The summed E-state index contributed by atoms with van der Waals surface area (Å²) in [6, 6.07) is 0.800. The standard InChI is InChI=1S/C10H22BrN/c1-4-10(5-2)12(6-3)9-7-8-11/h10H,4-9H2,1-3H3. The largest absolute Gasteiger partial charge is 0.301 e. The molecule has 0 heterocycles. The van der Waals surface area contributed by atoms with Gasteiger partial charge in [-0.3, -0.25) is 0 Å². The lowest BCUT2D eigenvalue weighted by Crippen LogP contribution is -2.35. The van der Waals surface area contributed by atoms with Crippen LogP contribution in [0, 0.1) is 0 Å². The highest BCUT2D eigenvalue weighted by Gasteiger charge is 2.11. The van der Waals surface area contributed by atoms with Crippen LogP contribution in [0.5, 0.6) is 0 Å². The van der Waals surface area contributed by atoms with E-state index in [0.29, 0.717) is 0 Å². The molecule has 0 rings (SSSR count). The van der Waals surface area contributed by atoms with Crippen LogP contribution < -0.4 is 0 Å². The van der Waals surface area contributed by atoms with Crippen LogP contribution in [-0.4, -0.2) is 29.4 Å². The van der Waals surface area contributed by atoms with Crippen molar-refractivity contribution in [2.24, 2.45) is 0 Å². The van der Waals surface area contributed by atoms with Crippen LogP contribution in [0.25, 0.3) is 0 Å². The van der Waals surface area contributed by atoms with Gasteiger partial charge in [-0.2, -0.15) is 0 Å². The molecule has 0 aromatic heterocycles. The monoisotopic (exact) mass is 235 g/mol. The van der Waals surface area contributed by atoms with Gasteiger partial charge in [-0.15, -0.1) is 0 Å². The lowest BCUT2D eigenvalue weighted by Gasteiger charge is -2.28. The molecule has 0 aromatic rings. The van der Waals surface area contributed by atoms with E-state index < -0.39 is 0 Å². The summed E-state index contributed by atoms with van der Waals surface area (Å²) in [5, 5.41) is 1.13. The number of nitrogens with zero attached hydrogens (tertiary/aromatic N) is 1. The van der Waals surface area contributed by atoms with Gasteiger partial charge in [0.25, 0.3) is 0 Å². The predicted molar refractivity (Wildman–Crippen MR) is 60.0 cm³/mol. The van der Waals surface area contributed by atoms with Crippen molar-refractivity contribution < 1.29 is 0 Å². The first-order valence-electron chi connectivity index (χ1n) is 5.10. The van der Waals surface area contributed by atoms with Crippen LogP contribution in [0.2, 0.25) is 0 Å². The number of hydrogen-bond donors (Lipinski definition) is 0. The molecule has 74 valence electrons. The molecule has 0 aliphatic heterocycles. The predicted octanol–water partition coefficient (Wildman–Crippen LogP) is 3.28. The third kappa shape index (κ3) is 4.46. The summed E-state index contributed by atoms with van der Waals surface area (Å²) in [7, 11) is 0. The van der Waals surface area contributed by atoms with Crippen LogP contribution >= 0.6 is 15.9 Å². The van der Waals surface area contributed by atoms with Crippen LogP contribution in [-0.2, 0) is 0 Å². The summed E-state index contributed by atoms with van der Waals surface area (Å²) in [6.45, 7) is 9.26. The van der Waals surface area contributed by atoms with E-state index in [1.807, 2.05) is 0 Å². The van der Waals surface area contributed by atoms with Crippen molar-refractivity contribution in [2.45, 2.75) is 46.1 Å². The summed E-state index contributed by atoms with van der Waals surface area (Å²) >= 11 is 3.47. The van der Waals surface area contributed by atoms with Gasteiger partial charge >= 0.3 is 0 Å². The molecule has 0 atom stereocenters. The molecule has 0 N–H and O–H groups in total. The molecule has 0 bridgehead atoms. The van der Waals surface area contributed by atoms with Crippen LogP contribution in [0.3, 0.4) is 0 Å². The first-order chi connectivity index (χ1) is 5.79. The molecule has 0 amide bonds. The smallest absolute Gasteiger partial charge is 0.00898 e. The summed E-state index contributed by atoms with van der Waals surface area (Å²) in [4.78, 5) is 2.58. The highest BCUT2D eigenvalue weighted by atomic mass is 79.9. The molecule has 1 nitrogen and oxygen atoms in total. The quantitative estimate of drug-likeness (QED) is 0.613. The zero-order valence-electron chi connectivity index (χ0n) is 8.65. The topological polar surface area (TPSA) is 3.24 Å². The van der Waals surface area contributed by atoms with E-state index in [2.05, 4.69) is 41.6 Å². The van der Waals surface area contributed by atoms with Crippen LogP contribution in [0.4, 0.5) is 0 Å². The fourth-order valence-corrected chi connectivity index (χ4v) is 1.92. The van der Waals surface area contributed by atoms with E-state index in [4.69, 9.17) is 0 Å². The van der Waals surface area contributed by atoms with E-state index in [-0.39, 0.29) is 0 Å². The van der Waals surface area contributed by atoms with Crippen molar-refractivity contribution >= 4 is 15.9 Å². The molecule has 0 fully saturated rings. The molecule has 0 aliphatic carbocycles. The number of halogens is 1.